The fraction of sp³-hybridized carbons (Fsp3) is 0.214. The summed E-state index contributed by atoms with van der Waals surface area (Å²) in [6.07, 6.45) is 1.37. The van der Waals surface area contributed by atoms with Gasteiger partial charge in [-0.15, -0.1) is 5.10 Å². The summed E-state index contributed by atoms with van der Waals surface area (Å²) in [7, 11) is -1.41. The summed E-state index contributed by atoms with van der Waals surface area (Å²) >= 11 is 0. The van der Waals surface area contributed by atoms with Crippen LogP contribution in [-0.2, 0) is 17.8 Å². The maximum atomic E-state index is 12.1. The number of benzene rings is 1. The predicted octanol–water partition coefficient (Wildman–Crippen LogP) is -1.79. The number of nitrogens with one attached hydrogen (secondary N) is 1. The molecule has 2 aromatic rings. The van der Waals surface area contributed by atoms with Gasteiger partial charge in [0, 0.05) is 0 Å². The highest BCUT2D eigenvalue weighted by atomic mass is 16.5. The summed E-state index contributed by atoms with van der Waals surface area (Å²) in [6.45, 7) is -0.245. The fourth-order valence-electron chi connectivity index (χ4n) is 2.60. The molecular formula is C14H14BN5O6. The van der Waals surface area contributed by atoms with Gasteiger partial charge in [0.1, 0.15) is 18.6 Å². The monoisotopic (exact) mass is 359 g/mol. The molecule has 5 N–H and O–H groups in total. The number of carboxylic acid groups (broad SMARTS) is 1. The molecule has 1 aliphatic rings. The minimum absolute atomic E-state index is 0.0621. The van der Waals surface area contributed by atoms with Crippen molar-refractivity contribution in [2.75, 3.05) is 0 Å². The average molecular weight is 359 g/mol. The van der Waals surface area contributed by atoms with E-state index < -0.39 is 30.8 Å². The van der Waals surface area contributed by atoms with Gasteiger partial charge < -0.3 is 25.8 Å². The molecule has 0 bridgehead atoms. The molecule has 2 heterocycles. The lowest BCUT2D eigenvalue weighted by molar-refractivity contribution is -0.122. The molecule has 0 fully saturated rings. The number of carboxylic acids is 1. The number of hydrogen-bond acceptors (Lipinski definition) is 7. The van der Waals surface area contributed by atoms with Crippen LogP contribution in [0.2, 0.25) is 0 Å². The number of primary amides is 1. The van der Waals surface area contributed by atoms with Gasteiger partial charge in [-0.3, -0.25) is 9.59 Å². The number of carbonyl (C=O) groups excluding carboxylic acids is 2. The molecule has 0 radical (unpaired) electrons. The smallest absolute Gasteiger partial charge is 0.534 e. The molecule has 0 saturated carbocycles. The van der Waals surface area contributed by atoms with Crippen LogP contribution in [0.4, 0.5) is 0 Å². The van der Waals surface area contributed by atoms with E-state index in [-0.39, 0.29) is 30.1 Å². The molecule has 1 aromatic heterocycles. The van der Waals surface area contributed by atoms with Gasteiger partial charge in [-0.2, -0.15) is 0 Å². The Morgan fingerprint density at radius 3 is 2.85 bits per heavy atom. The van der Waals surface area contributed by atoms with Gasteiger partial charge in [0.05, 0.1) is 11.5 Å². The number of amides is 2. The number of nitrogens with two attached hydrogens (primary N) is 1. The normalized spacial score (nSPS) is 15.7. The molecule has 3 rings (SSSR count). The lowest BCUT2D eigenvalue weighted by atomic mass is 9.72. The molecule has 2 amide bonds. The second-order valence-corrected chi connectivity index (χ2v) is 5.62. The highest BCUT2D eigenvalue weighted by Crippen LogP contribution is 2.30. The van der Waals surface area contributed by atoms with Crippen molar-refractivity contribution in [1.82, 2.24) is 20.1 Å². The van der Waals surface area contributed by atoms with Crippen LogP contribution in [0.25, 0.3) is 0 Å². The Balaban J connectivity index is 1.68. The Bertz CT molecular complexity index is 884. The number of aromatic carboxylic acids is 1. The van der Waals surface area contributed by atoms with Crippen LogP contribution in [-0.4, -0.2) is 55.7 Å². The summed E-state index contributed by atoms with van der Waals surface area (Å²) in [5, 5.41) is 25.6. The number of nitrogens with zero attached hydrogens (tertiary/aromatic N) is 3. The number of para-hydroxylation sites is 1. The quantitative estimate of drug-likeness (QED) is 0.454. The molecule has 134 valence electrons. The van der Waals surface area contributed by atoms with E-state index in [1.807, 2.05) is 0 Å². The zero-order valence-electron chi connectivity index (χ0n) is 13.3. The van der Waals surface area contributed by atoms with E-state index in [1.165, 1.54) is 12.4 Å². The molecule has 0 aliphatic carbocycles. The Labute approximate surface area is 146 Å². The first-order valence-corrected chi connectivity index (χ1v) is 7.53. The highest BCUT2D eigenvalue weighted by Gasteiger charge is 2.37. The topological polar surface area (TPSA) is 170 Å². The molecule has 1 aliphatic heterocycles. The van der Waals surface area contributed by atoms with Crippen molar-refractivity contribution >= 4 is 24.9 Å². The van der Waals surface area contributed by atoms with E-state index >= 15 is 0 Å². The van der Waals surface area contributed by atoms with E-state index in [2.05, 4.69) is 15.4 Å². The molecule has 26 heavy (non-hydrogen) atoms. The second-order valence-electron chi connectivity index (χ2n) is 5.62. The third-order valence-corrected chi connectivity index (χ3v) is 3.76. The zero-order chi connectivity index (χ0) is 18.8. The van der Waals surface area contributed by atoms with E-state index in [9.17, 15) is 19.4 Å². The van der Waals surface area contributed by atoms with Gasteiger partial charge in [-0.05, 0) is 18.1 Å². The first-order chi connectivity index (χ1) is 12.3. The number of carbonyl (C=O) groups is 3. The lowest BCUT2D eigenvalue weighted by Gasteiger charge is -2.28. The van der Waals surface area contributed by atoms with Crippen LogP contribution in [0.5, 0.6) is 5.75 Å². The standard InChI is InChI=1S/C14H14BN5O6/c16-12(22)13-17-6-20(19-13)5-10(21)18-9-4-7-2-1-3-8(14(23)24)11(7)26-15(9)25/h1-3,6,9,25H,4-5H2,(H2,16,22)(H,18,21)(H,23,24). The van der Waals surface area contributed by atoms with Gasteiger partial charge in [0.15, 0.2) is 0 Å². The van der Waals surface area contributed by atoms with Crippen LogP contribution in [0.15, 0.2) is 24.5 Å². The van der Waals surface area contributed by atoms with Crippen LogP contribution in [0.1, 0.15) is 26.5 Å². The molecule has 0 spiro atoms. The molecule has 1 unspecified atom stereocenters. The van der Waals surface area contributed by atoms with Crippen molar-refractivity contribution in [1.29, 1.82) is 0 Å². The van der Waals surface area contributed by atoms with Gasteiger partial charge in [0.2, 0.25) is 11.7 Å². The first kappa shape index (κ1) is 17.4. The Kier molecular flexibility index (Phi) is 4.58. The van der Waals surface area contributed by atoms with Crippen molar-refractivity contribution in [2.24, 2.45) is 5.73 Å². The first-order valence-electron chi connectivity index (χ1n) is 7.53. The number of aromatic nitrogens is 3. The summed E-state index contributed by atoms with van der Waals surface area (Å²) in [4.78, 5) is 37.9. The Morgan fingerprint density at radius 2 is 2.19 bits per heavy atom. The minimum atomic E-state index is -1.41. The predicted molar refractivity (Wildman–Crippen MR) is 86.2 cm³/mol. The molecule has 0 saturated heterocycles. The highest BCUT2D eigenvalue weighted by molar-refractivity contribution is 6.47. The van der Waals surface area contributed by atoms with Crippen LogP contribution in [0.3, 0.4) is 0 Å². The third kappa shape index (κ3) is 3.49. The maximum absolute atomic E-state index is 12.1. The van der Waals surface area contributed by atoms with Gasteiger partial charge in [-0.1, -0.05) is 12.1 Å². The lowest BCUT2D eigenvalue weighted by Crippen LogP contribution is -2.53. The minimum Gasteiger partial charge on any atom is -0.534 e. The number of fused-ring (bicyclic) bond motifs is 1. The Hall–Kier alpha value is -3.41. The summed E-state index contributed by atoms with van der Waals surface area (Å²) in [5.74, 6) is -3.40. The van der Waals surface area contributed by atoms with E-state index in [0.29, 0.717) is 5.56 Å². The third-order valence-electron chi connectivity index (χ3n) is 3.76. The summed E-state index contributed by atoms with van der Waals surface area (Å²) < 4.78 is 6.41. The van der Waals surface area contributed by atoms with Crippen LogP contribution >= 0.6 is 0 Å². The summed E-state index contributed by atoms with van der Waals surface area (Å²) in [6, 6.07) is 4.58. The van der Waals surface area contributed by atoms with E-state index in [1.54, 1.807) is 12.1 Å². The van der Waals surface area contributed by atoms with E-state index in [0.717, 1.165) is 4.68 Å². The van der Waals surface area contributed by atoms with E-state index in [4.69, 9.17) is 15.5 Å². The van der Waals surface area contributed by atoms with Crippen molar-refractivity contribution < 1.29 is 29.2 Å². The van der Waals surface area contributed by atoms with Crippen LogP contribution < -0.4 is 15.7 Å². The van der Waals surface area contributed by atoms with Crippen LogP contribution in [0, 0.1) is 0 Å². The molecule has 11 nitrogen and oxygen atoms in total. The SMILES string of the molecule is NC(=O)c1ncn(CC(=O)NC2Cc3cccc(C(=O)O)c3OB2O)n1. The zero-order valence-corrected chi connectivity index (χ0v) is 13.3. The van der Waals surface area contributed by atoms with Gasteiger partial charge in [-0.25, -0.2) is 14.5 Å². The average Bonchev–Trinajstić information content (AvgIpc) is 3.03. The number of hydrogen-bond donors (Lipinski definition) is 4. The number of rotatable bonds is 5. The van der Waals surface area contributed by atoms with Crippen molar-refractivity contribution in [3.8, 4) is 5.75 Å². The molecule has 12 heteroatoms. The molecule has 1 aromatic carbocycles. The van der Waals surface area contributed by atoms with Crippen molar-refractivity contribution in [2.45, 2.75) is 18.9 Å². The molecule has 1 atom stereocenters. The maximum Gasteiger partial charge on any atom is 0.547 e. The van der Waals surface area contributed by atoms with Crippen molar-refractivity contribution in [3.05, 3.63) is 41.5 Å². The second kappa shape index (κ2) is 6.84. The van der Waals surface area contributed by atoms with Gasteiger partial charge >= 0.3 is 13.1 Å². The molecular weight excluding hydrogens is 345 g/mol. The summed E-state index contributed by atoms with van der Waals surface area (Å²) in [5.41, 5.74) is 5.53. The van der Waals surface area contributed by atoms with Crippen molar-refractivity contribution in [3.63, 3.8) is 0 Å². The van der Waals surface area contributed by atoms with Gasteiger partial charge in [0.25, 0.3) is 5.91 Å². The Morgan fingerprint density at radius 1 is 1.42 bits per heavy atom. The largest absolute Gasteiger partial charge is 0.547 e. The fourth-order valence-corrected chi connectivity index (χ4v) is 2.60.